The molecule has 196 valence electrons. The fraction of sp³-hybridized carbons (Fsp3) is 0.276. The molecule has 38 heavy (non-hydrogen) atoms. The topological polar surface area (TPSA) is 105 Å². The van der Waals surface area contributed by atoms with Gasteiger partial charge in [-0.3, -0.25) is 5.10 Å². The second-order valence-corrected chi connectivity index (χ2v) is 10.8. The van der Waals surface area contributed by atoms with Crippen LogP contribution in [0.3, 0.4) is 0 Å². The molecule has 0 fully saturated rings. The molecule has 9 heteroatoms. The van der Waals surface area contributed by atoms with E-state index in [9.17, 15) is 4.79 Å². The van der Waals surface area contributed by atoms with Crippen LogP contribution in [0.1, 0.15) is 32.0 Å². The molecule has 8 nitrogen and oxygen atoms in total. The number of halogens is 1. The number of nitrogens with one attached hydrogen (secondary N) is 3. The summed E-state index contributed by atoms with van der Waals surface area (Å²) in [4.78, 5) is 20.4. The van der Waals surface area contributed by atoms with Crippen LogP contribution in [0.15, 0.2) is 60.9 Å². The third-order valence-electron chi connectivity index (χ3n) is 6.16. The maximum Gasteiger partial charge on any atom is 0.407 e. The summed E-state index contributed by atoms with van der Waals surface area (Å²) in [7, 11) is 0. The molecule has 0 aliphatic carbocycles. The summed E-state index contributed by atoms with van der Waals surface area (Å²) in [5.74, 6) is 0.608. The number of H-pyrrole nitrogens is 2. The molecule has 0 aliphatic rings. The Labute approximate surface area is 225 Å². The number of alkyl carbamates (subject to hydrolysis) is 1. The van der Waals surface area contributed by atoms with Crippen molar-refractivity contribution in [3.05, 3.63) is 77.2 Å². The van der Waals surface area contributed by atoms with Gasteiger partial charge >= 0.3 is 6.09 Å². The Balaban J connectivity index is 1.37. The smallest absolute Gasteiger partial charge is 0.407 e. The monoisotopic (exact) mass is 531 g/mol. The third-order valence-corrected chi connectivity index (χ3v) is 6.49. The quantitative estimate of drug-likeness (QED) is 0.220. The van der Waals surface area contributed by atoms with Gasteiger partial charge in [0.2, 0.25) is 0 Å². The number of pyridine rings is 1. The van der Waals surface area contributed by atoms with E-state index in [-0.39, 0.29) is 6.61 Å². The van der Waals surface area contributed by atoms with Crippen molar-refractivity contribution in [2.24, 2.45) is 0 Å². The van der Waals surface area contributed by atoms with Crippen molar-refractivity contribution in [1.82, 2.24) is 25.5 Å². The highest BCUT2D eigenvalue weighted by Gasteiger charge is 2.22. The number of hydrogen-bond donors (Lipinski definition) is 3. The van der Waals surface area contributed by atoms with Crippen LogP contribution in [0.25, 0.3) is 33.1 Å². The maximum absolute atomic E-state index is 12.6. The van der Waals surface area contributed by atoms with E-state index in [0.29, 0.717) is 22.8 Å². The summed E-state index contributed by atoms with van der Waals surface area (Å²) in [6.07, 6.45) is 3.17. The normalized spacial score (nSPS) is 12.6. The summed E-state index contributed by atoms with van der Waals surface area (Å²) in [5, 5.41) is 12.6. The average Bonchev–Trinajstić information content (AvgIpc) is 3.45. The minimum absolute atomic E-state index is 0.163. The molecular weight excluding hydrogens is 502 g/mol. The summed E-state index contributed by atoms with van der Waals surface area (Å²) in [6.45, 7) is 7.84. The number of benzene rings is 2. The molecule has 1 atom stereocenters. The molecule has 0 aliphatic heterocycles. The van der Waals surface area contributed by atoms with Crippen molar-refractivity contribution in [3.8, 4) is 16.9 Å². The van der Waals surface area contributed by atoms with E-state index in [4.69, 9.17) is 21.1 Å². The Hall–Kier alpha value is -4.04. The molecule has 0 bridgehead atoms. The number of ether oxygens (including phenoxy) is 2. The zero-order valence-corrected chi connectivity index (χ0v) is 22.5. The first-order chi connectivity index (χ1) is 18.2. The Morgan fingerprint density at radius 1 is 1.13 bits per heavy atom. The molecule has 0 spiro atoms. The van der Waals surface area contributed by atoms with Crippen LogP contribution in [-0.2, 0) is 11.2 Å². The second-order valence-electron chi connectivity index (χ2n) is 10.4. The molecule has 0 unspecified atom stereocenters. The first-order valence-corrected chi connectivity index (χ1v) is 12.8. The molecule has 3 N–H and O–H groups in total. The number of hydrogen-bond acceptors (Lipinski definition) is 5. The van der Waals surface area contributed by atoms with Crippen LogP contribution in [0.5, 0.6) is 5.75 Å². The summed E-state index contributed by atoms with van der Waals surface area (Å²) in [6, 6.07) is 15.5. The molecule has 0 saturated heterocycles. The Kier molecular flexibility index (Phi) is 6.99. The largest absolute Gasteiger partial charge is 0.490 e. The lowest BCUT2D eigenvalue weighted by atomic mass is 10.1. The number of carbonyl (C=O) groups excluding carboxylic acids is 1. The predicted molar refractivity (Wildman–Crippen MR) is 150 cm³/mol. The van der Waals surface area contributed by atoms with E-state index in [0.717, 1.165) is 38.7 Å². The molecule has 2 aromatic carbocycles. The molecule has 3 heterocycles. The van der Waals surface area contributed by atoms with Crippen molar-refractivity contribution >= 4 is 39.6 Å². The van der Waals surface area contributed by atoms with E-state index in [2.05, 4.69) is 25.5 Å². The van der Waals surface area contributed by atoms with Crippen LogP contribution >= 0.6 is 11.6 Å². The van der Waals surface area contributed by atoms with Gasteiger partial charge in [-0.2, -0.15) is 5.10 Å². The van der Waals surface area contributed by atoms with Crippen LogP contribution in [0.2, 0.25) is 5.02 Å². The Bertz CT molecular complexity index is 1600. The third kappa shape index (κ3) is 5.75. The lowest BCUT2D eigenvalue weighted by Gasteiger charge is -2.24. The fourth-order valence-corrected chi connectivity index (χ4v) is 4.57. The van der Waals surface area contributed by atoms with E-state index in [1.807, 2.05) is 70.3 Å². The SMILES string of the molecule is Cc1[nH]nc2ncc(-c3cc(OC[C@H](Cc4c[nH]c5ccccc45)OC(=O)NC(C)(C)C)ccc3Cl)cc12. The van der Waals surface area contributed by atoms with Crippen LogP contribution in [0, 0.1) is 6.92 Å². The molecular formula is C29H30ClN5O3. The standard InChI is InChI=1S/C29H30ClN5O3/c1-17-23-12-19(15-32-27(23)35-34-17)24-13-20(9-10-25(24)30)37-16-21(38-28(36)33-29(2,3)4)11-18-14-31-26-8-6-5-7-22(18)26/h5-10,12-15,21,31H,11,16H2,1-4H3,(H,33,36)(H,32,34,35)/t21-/m0/s1. The van der Waals surface area contributed by atoms with Crippen molar-refractivity contribution in [3.63, 3.8) is 0 Å². The van der Waals surface area contributed by atoms with Gasteiger partial charge in [0, 0.05) is 62.5 Å². The molecule has 5 aromatic rings. The lowest BCUT2D eigenvalue weighted by Crippen LogP contribution is -2.43. The molecule has 1 amide bonds. The van der Waals surface area contributed by atoms with Crippen molar-refractivity contribution in [1.29, 1.82) is 0 Å². The first-order valence-electron chi connectivity index (χ1n) is 12.4. The maximum atomic E-state index is 12.6. The molecule has 0 radical (unpaired) electrons. The van der Waals surface area contributed by atoms with Crippen molar-refractivity contribution in [2.75, 3.05) is 6.61 Å². The average molecular weight is 532 g/mol. The van der Waals surface area contributed by atoms with Gasteiger partial charge < -0.3 is 19.8 Å². The van der Waals surface area contributed by atoms with Gasteiger partial charge in [0.25, 0.3) is 0 Å². The summed E-state index contributed by atoms with van der Waals surface area (Å²) >= 11 is 6.55. The van der Waals surface area contributed by atoms with Crippen molar-refractivity contribution in [2.45, 2.75) is 45.8 Å². The number of para-hydroxylation sites is 1. The number of aromatic amines is 2. The zero-order chi connectivity index (χ0) is 26.9. The highest BCUT2D eigenvalue weighted by atomic mass is 35.5. The van der Waals surface area contributed by atoms with Crippen molar-refractivity contribution < 1.29 is 14.3 Å². The Morgan fingerprint density at radius 2 is 1.95 bits per heavy atom. The molecule has 5 rings (SSSR count). The summed E-state index contributed by atoms with van der Waals surface area (Å²) < 4.78 is 12.0. The van der Waals surface area contributed by atoms with Crippen LogP contribution in [0.4, 0.5) is 4.79 Å². The number of nitrogens with zero attached hydrogens (tertiary/aromatic N) is 2. The fourth-order valence-electron chi connectivity index (χ4n) is 4.34. The van der Waals surface area contributed by atoms with Gasteiger partial charge in [-0.1, -0.05) is 29.8 Å². The van der Waals surface area contributed by atoms with Crippen LogP contribution in [-0.4, -0.2) is 44.5 Å². The zero-order valence-electron chi connectivity index (χ0n) is 21.8. The minimum atomic E-state index is -0.526. The van der Waals surface area contributed by atoms with E-state index < -0.39 is 17.7 Å². The summed E-state index contributed by atoms with van der Waals surface area (Å²) in [5.41, 5.74) is 4.89. The second kappa shape index (κ2) is 10.4. The highest BCUT2D eigenvalue weighted by molar-refractivity contribution is 6.33. The molecule has 0 saturated carbocycles. The highest BCUT2D eigenvalue weighted by Crippen LogP contribution is 2.33. The van der Waals surface area contributed by atoms with Gasteiger partial charge in [-0.05, 0) is 63.6 Å². The van der Waals surface area contributed by atoms with E-state index in [1.54, 1.807) is 18.3 Å². The van der Waals surface area contributed by atoms with Gasteiger partial charge in [0.15, 0.2) is 5.65 Å². The lowest BCUT2D eigenvalue weighted by molar-refractivity contribution is 0.0610. The first kappa shape index (κ1) is 25.6. The van der Waals surface area contributed by atoms with E-state index >= 15 is 0 Å². The van der Waals surface area contributed by atoms with E-state index in [1.165, 1.54) is 0 Å². The minimum Gasteiger partial charge on any atom is -0.490 e. The number of aromatic nitrogens is 4. The Morgan fingerprint density at radius 3 is 2.76 bits per heavy atom. The van der Waals surface area contributed by atoms with Gasteiger partial charge in [-0.15, -0.1) is 0 Å². The molecule has 3 aromatic heterocycles. The number of carbonyl (C=O) groups is 1. The van der Waals surface area contributed by atoms with Crippen LogP contribution < -0.4 is 10.1 Å². The predicted octanol–water partition coefficient (Wildman–Crippen LogP) is 6.58. The van der Waals surface area contributed by atoms with Gasteiger partial charge in [-0.25, -0.2) is 9.78 Å². The number of fused-ring (bicyclic) bond motifs is 2. The number of aryl methyl sites for hydroxylation is 1. The van der Waals surface area contributed by atoms with Gasteiger partial charge in [0.1, 0.15) is 18.5 Å². The number of rotatable bonds is 7. The van der Waals surface area contributed by atoms with Gasteiger partial charge in [0.05, 0.1) is 0 Å². The number of amides is 1.